The second-order valence-corrected chi connectivity index (χ2v) is 8.13. The Morgan fingerprint density at radius 1 is 1.15 bits per heavy atom. The van der Waals surface area contributed by atoms with Crippen molar-refractivity contribution in [3.05, 3.63) is 94.7 Å². The average Bonchev–Trinajstić information content (AvgIpc) is 3.08. The van der Waals surface area contributed by atoms with Gasteiger partial charge in [0.05, 0.1) is 4.34 Å². The third-order valence-electron chi connectivity index (χ3n) is 4.47. The van der Waals surface area contributed by atoms with Crippen molar-refractivity contribution in [3.8, 4) is 11.1 Å². The van der Waals surface area contributed by atoms with Gasteiger partial charge in [-0.2, -0.15) is 0 Å². The normalized spacial score (nSPS) is 16.0. The minimum atomic E-state index is 0.323. The standard InChI is InChI=1S/C18H16ClN3S.C4H6/c1-22-9-16(15-6-18(19)23-17(15)10-22)14-5-3-2-4-13(14)12-7-20-11-21-8-12;1-3-4-2/h2-8,11,16H,9-10H2,1H3;3-4H,1-2H2. The lowest BCUT2D eigenvalue weighted by Crippen LogP contribution is -2.30. The van der Waals surface area contributed by atoms with Crippen LogP contribution in [0.4, 0.5) is 0 Å². The molecule has 1 atom stereocenters. The monoisotopic (exact) mass is 395 g/mol. The zero-order chi connectivity index (χ0) is 19.2. The van der Waals surface area contributed by atoms with E-state index in [1.165, 1.54) is 21.6 Å². The van der Waals surface area contributed by atoms with E-state index < -0.39 is 0 Å². The van der Waals surface area contributed by atoms with E-state index >= 15 is 0 Å². The van der Waals surface area contributed by atoms with E-state index in [0.29, 0.717) is 5.92 Å². The number of halogens is 1. The van der Waals surface area contributed by atoms with Gasteiger partial charge in [0, 0.05) is 41.8 Å². The second-order valence-electron chi connectivity index (χ2n) is 6.36. The lowest BCUT2D eigenvalue weighted by atomic mass is 9.84. The van der Waals surface area contributed by atoms with Gasteiger partial charge in [-0.1, -0.05) is 61.2 Å². The molecule has 27 heavy (non-hydrogen) atoms. The highest BCUT2D eigenvalue weighted by Crippen LogP contribution is 2.42. The Morgan fingerprint density at radius 2 is 1.85 bits per heavy atom. The molecule has 2 aromatic heterocycles. The summed E-state index contributed by atoms with van der Waals surface area (Å²) in [7, 11) is 2.16. The summed E-state index contributed by atoms with van der Waals surface area (Å²) in [6, 6.07) is 10.7. The quantitative estimate of drug-likeness (QED) is 0.525. The molecule has 0 saturated heterocycles. The molecule has 0 saturated carbocycles. The molecule has 1 unspecified atom stereocenters. The van der Waals surface area contributed by atoms with Crippen molar-refractivity contribution >= 4 is 22.9 Å². The van der Waals surface area contributed by atoms with Crippen LogP contribution in [0.1, 0.15) is 21.9 Å². The first-order chi connectivity index (χ1) is 13.1. The number of thiophene rings is 1. The summed E-state index contributed by atoms with van der Waals surface area (Å²) in [5, 5.41) is 0. The van der Waals surface area contributed by atoms with Crippen molar-refractivity contribution in [1.29, 1.82) is 0 Å². The SMILES string of the molecule is C=CC=C.CN1Cc2sc(Cl)cc2C(c2ccccc2-c2cncnc2)C1. The zero-order valence-corrected chi connectivity index (χ0v) is 16.9. The number of allylic oxidation sites excluding steroid dienone is 2. The number of fused-ring (bicyclic) bond motifs is 1. The summed E-state index contributed by atoms with van der Waals surface area (Å²) in [4.78, 5) is 12.1. The van der Waals surface area contributed by atoms with Crippen molar-refractivity contribution in [1.82, 2.24) is 14.9 Å². The van der Waals surface area contributed by atoms with E-state index in [0.717, 1.165) is 23.0 Å². The van der Waals surface area contributed by atoms with E-state index in [9.17, 15) is 0 Å². The molecule has 4 rings (SSSR count). The van der Waals surface area contributed by atoms with Crippen LogP contribution in [0.25, 0.3) is 11.1 Å². The van der Waals surface area contributed by atoms with E-state index in [2.05, 4.69) is 65.4 Å². The van der Waals surface area contributed by atoms with Gasteiger partial charge in [0.1, 0.15) is 6.33 Å². The lowest BCUT2D eigenvalue weighted by molar-refractivity contribution is 0.299. The summed E-state index contributed by atoms with van der Waals surface area (Å²) >= 11 is 7.98. The molecule has 1 aromatic carbocycles. The molecule has 0 fully saturated rings. The van der Waals surface area contributed by atoms with E-state index in [-0.39, 0.29) is 0 Å². The van der Waals surface area contributed by atoms with Gasteiger partial charge in [-0.25, -0.2) is 9.97 Å². The van der Waals surface area contributed by atoms with Crippen LogP contribution in [0, 0.1) is 0 Å². The molecule has 1 aliphatic heterocycles. The van der Waals surface area contributed by atoms with Crippen molar-refractivity contribution in [2.75, 3.05) is 13.6 Å². The molecule has 0 spiro atoms. The number of benzene rings is 1. The number of nitrogens with zero attached hydrogens (tertiary/aromatic N) is 3. The van der Waals surface area contributed by atoms with Gasteiger partial charge < -0.3 is 4.90 Å². The summed E-state index contributed by atoms with van der Waals surface area (Å²) < 4.78 is 0.871. The predicted molar refractivity (Wildman–Crippen MR) is 115 cm³/mol. The Balaban J connectivity index is 0.000000481. The Kier molecular flexibility index (Phi) is 6.56. The summed E-state index contributed by atoms with van der Waals surface area (Å²) in [5.74, 6) is 0.323. The van der Waals surface area contributed by atoms with Gasteiger partial charge in [-0.3, -0.25) is 0 Å². The fraction of sp³-hybridized carbons (Fsp3) is 0.182. The van der Waals surface area contributed by atoms with E-state index in [1.54, 1.807) is 29.8 Å². The van der Waals surface area contributed by atoms with Crippen molar-refractivity contribution in [3.63, 3.8) is 0 Å². The van der Waals surface area contributed by atoms with Gasteiger partial charge in [0.25, 0.3) is 0 Å². The highest BCUT2D eigenvalue weighted by Gasteiger charge is 2.28. The number of aromatic nitrogens is 2. The molecule has 0 N–H and O–H groups in total. The molecule has 5 heteroatoms. The molecule has 3 nitrogen and oxygen atoms in total. The van der Waals surface area contributed by atoms with Crippen LogP contribution in [0.3, 0.4) is 0 Å². The number of likely N-dealkylation sites (N-methyl/N-ethyl adjacent to an activating group) is 1. The van der Waals surface area contributed by atoms with Crippen LogP contribution in [0.2, 0.25) is 4.34 Å². The molecule has 0 aliphatic carbocycles. The van der Waals surface area contributed by atoms with Gasteiger partial charge in [-0.15, -0.1) is 11.3 Å². The summed E-state index contributed by atoms with van der Waals surface area (Å²) in [6.07, 6.45) is 8.59. The van der Waals surface area contributed by atoms with E-state index in [4.69, 9.17) is 11.6 Å². The topological polar surface area (TPSA) is 29.0 Å². The molecule has 138 valence electrons. The van der Waals surface area contributed by atoms with Gasteiger partial charge in [0.2, 0.25) is 0 Å². The fourth-order valence-electron chi connectivity index (χ4n) is 3.31. The largest absolute Gasteiger partial charge is 0.300 e. The molecule has 3 aromatic rings. The Hall–Kier alpha value is -2.27. The molecule has 3 heterocycles. The number of hydrogen-bond donors (Lipinski definition) is 0. The van der Waals surface area contributed by atoms with Gasteiger partial charge >= 0.3 is 0 Å². The highest BCUT2D eigenvalue weighted by molar-refractivity contribution is 7.16. The second kappa shape index (κ2) is 9.09. The Labute approximate surface area is 169 Å². The maximum Gasteiger partial charge on any atom is 0.115 e. The van der Waals surface area contributed by atoms with Gasteiger partial charge in [0.15, 0.2) is 0 Å². The molecule has 0 bridgehead atoms. The van der Waals surface area contributed by atoms with Crippen LogP contribution < -0.4 is 0 Å². The average molecular weight is 396 g/mol. The first-order valence-electron chi connectivity index (χ1n) is 8.68. The Morgan fingerprint density at radius 3 is 2.56 bits per heavy atom. The fourth-order valence-corrected chi connectivity index (χ4v) is 4.74. The summed E-state index contributed by atoms with van der Waals surface area (Å²) in [5.41, 5.74) is 4.92. The first kappa shape index (κ1) is 19.5. The van der Waals surface area contributed by atoms with Crippen LogP contribution in [-0.4, -0.2) is 28.5 Å². The van der Waals surface area contributed by atoms with Crippen molar-refractivity contribution in [2.45, 2.75) is 12.5 Å². The molecule has 0 amide bonds. The van der Waals surface area contributed by atoms with Crippen molar-refractivity contribution in [2.24, 2.45) is 0 Å². The maximum atomic E-state index is 6.29. The third-order valence-corrected chi connectivity index (χ3v) is 5.73. The molecule has 1 aliphatic rings. The van der Waals surface area contributed by atoms with Crippen LogP contribution in [-0.2, 0) is 6.54 Å². The highest BCUT2D eigenvalue weighted by atomic mass is 35.5. The third kappa shape index (κ3) is 4.53. The number of hydrogen-bond acceptors (Lipinski definition) is 4. The number of rotatable bonds is 3. The smallest absolute Gasteiger partial charge is 0.115 e. The minimum Gasteiger partial charge on any atom is -0.300 e. The molecular formula is C22H22ClN3S. The maximum absolute atomic E-state index is 6.29. The van der Waals surface area contributed by atoms with Crippen LogP contribution >= 0.6 is 22.9 Å². The van der Waals surface area contributed by atoms with Gasteiger partial charge in [-0.05, 0) is 29.8 Å². The Bertz CT molecular complexity index is 914. The van der Waals surface area contributed by atoms with Crippen LogP contribution in [0.15, 0.2) is 74.4 Å². The first-order valence-corrected chi connectivity index (χ1v) is 9.88. The lowest BCUT2D eigenvalue weighted by Gasteiger charge is -2.31. The van der Waals surface area contributed by atoms with E-state index in [1.807, 2.05) is 12.4 Å². The van der Waals surface area contributed by atoms with Crippen LogP contribution in [0.5, 0.6) is 0 Å². The minimum absolute atomic E-state index is 0.323. The molecule has 0 radical (unpaired) electrons. The zero-order valence-electron chi connectivity index (χ0n) is 15.3. The summed E-state index contributed by atoms with van der Waals surface area (Å²) in [6.45, 7) is 8.69. The predicted octanol–water partition coefficient (Wildman–Crippen LogP) is 5.79. The van der Waals surface area contributed by atoms with Crippen molar-refractivity contribution < 1.29 is 0 Å². The molecular weight excluding hydrogens is 374 g/mol.